The fourth-order valence-corrected chi connectivity index (χ4v) is 3.63. The number of nitrogens with zero attached hydrogens (tertiary/aromatic N) is 2. The molecule has 2 saturated heterocycles. The molecule has 0 saturated carbocycles. The Kier molecular flexibility index (Phi) is 4.78. The quantitative estimate of drug-likeness (QED) is 0.890. The number of hydrogen-bond donors (Lipinski definition) is 2. The molecule has 4 nitrogen and oxygen atoms in total. The highest BCUT2D eigenvalue weighted by Crippen LogP contribution is 2.24. The van der Waals surface area contributed by atoms with Gasteiger partial charge in [0.25, 0.3) is 0 Å². The molecule has 0 spiro atoms. The number of rotatable bonds is 3. The fraction of sp³-hybridized carbons (Fsp3) is 0.647. The van der Waals surface area contributed by atoms with E-state index in [1.54, 1.807) is 12.1 Å². The molecular weight excluding hydrogens is 262 g/mol. The second-order valence-electron chi connectivity index (χ2n) is 6.32. The number of aromatic hydroxyl groups is 1. The molecule has 21 heavy (non-hydrogen) atoms. The van der Waals surface area contributed by atoms with E-state index < -0.39 is 0 Å². The van der Waals surface area contributed by atoms with Crippen LogP contribution in [0.4, 0.5) is 0 Å². The fourth-order valence-electron chi connectivity index (χ4n) is 3.63. The zero-order chi connectivity index (χ0) is 14.7. The number of benzene rings is 1. The molecule has 0 radical (unpaired) electrons. The molecule has 0 amide bonds. The number of hydrogen-bond acceptors (Lipinski definition) is 4. The average Bonchev–Trinajstić information content (AvgIpc) is 2.56. The standard InChI is InChI=1S/C17H27N3O/c1-14(15-2-4-17(21)5-3-15)19-10-12-20(13-11-19)16-6-8-18-9-7-16/h2-5,14,16,18,21H,6-13H2,1H3. The van der Waals surface area contributed by atoms with Crippen molar-refractivity contribution in [2.75, 3.05) is 39.3 Å². The molecule has 2 aliphatic rings. The Bertz CT molecular complexity index is 434. The Morgan fingerprint density at radius 3 is 2.29 bits per heavy atom. The van der Waals surface area contributed by atoms with Crippen LogP contribution in [-0.2, 0) is 0 Å². The molecule has 1 atom stereocenters. The second-order valence-corrected chi connectivity index (χ2v) is 6.32. The van der Waals surface area contributed by atoms with Gasteiger partial charge in [0, 0.05) is 38.3 Å². The first-order chi connectivity index (χ1) is 10.2. The zero-order valence-corrected chi connectivity index (χ0v) is 13.0. The maximum Gasteiger partial charge on any atom is 0.115 e. The van der Waals surface area contributed by atoms with E-state index in [1.165, 1.54) is 44.6 Å². The molecule has 2 fully saturated rings. The van der Waals surface area contributed by atoms with Crippen molar-refractivity contribution in [1.29, 1.82) is 0 Å². The van der Waals surface area contributed by atoms with Gasteiger partial charge in [-0.1, -0.05) is 12.1 Å². The lowest BCUT2D eigenvalue weighted by atomic mass is 10.0. The molecule has 0 aliphatic carbocycles. The third-order valence-electron chi connectivity index (χ3n) is 5.10. The highest BCUT2D eigenvalue weighted by Gasteiger charge is 2.27. The van der Waals surface area contributed by atoms with Crippen LogP contribution in [0.5, 0.6) is 5.75 Å². The predicted octanol–water partition coefficient (Wildman–Crippen LogP) is 1.82. The summed E-state index contributed by atoms with van der Waals surface area (Å²) >= 11 is 0. The van der Waals surface area contributed by atoms with Gasteiger partial charge in [-0.25, -0.2) is 0 Å². The van der Waals surface area contributed by atoms with Gasteiger partial charge in [0.05, 0.1) is 0 Å². The molecule has 116 valence electrons. The maximum absolute atomic E-state index is 9.40. The van der Waals surface area contributed by atoms with Crippen molar-refractivity contribution in [3.63, 3.8) is 0 Å². The second kappa shape index (κ2) is 6.77. The normalized spacial score (nSPS) is 24.0. The molecule has 0 bridgehead atoms. The first-order valence-electron chi connectivity index (χ1n) is 8.22. The van der Waals surface area contributed by atoms with Crippen molar-refractivity contribution in [2.45, 2.75) is 31.8 Å². The van der Waals surface area contributed by atoms with Gasteiger partial charge in [-0.3, -0.25) is 9.80 Å². The number of phenols is 1. The molecule has 1 aromatic carbocycles. The predicted molar refractivity (Wildman–Crippen MR) is 85.6 cm³/mol. The minimum absolute atomic E-state index is 0.349. The molecule has 2 N–H and O–H groups in total. The molecule has 1 aromatic rings. The maximum atomic E-state index is 9.40. The van der Waals surface area contributed by atoms with Crippen molar-refractivity contribution >= 4 is 0 Å². The lowest BCUT2D eigenvalue weighted by molar-refractivity contribution is 0.0627. The van der Waals surface area contributed by atoms with Crippen LogP contribution in [0.2, 0.25) is 0 Å². The molecule has 2 aliphatic heterocycles. The number of nitrogens with one attached hydrogen (secondary N) is 1. The van der Waals surface area contributed by atoms with Crippen LogP contribution in [0.15, 0.2) is 24.3 Å². The Hall–Kier alpha value is -1.10. The van der Waals surface area contributed by atoms with Crippen LogP contribution in [0.1, 0.15) is 31.4 Å². The molecule has 1 unspecified atom stereocenters. The van der Waals surface area contributed by atoms with Gasteiger partial charge in [-0.15, -0.1) is 0 Å². The van der Waals surface area contributed by atoms with Crippen LogP contribution in [0, 0.1) is 0 Å². The molecule has 4 heteroatoms. The minimum atomic E-state index is 0.349. The first-order valence-corrected chi connectivity index (χ1v) is 8.22. The van der Waals surface area contributed by atoms with Crippen LogP contribution in [0.3, 0.4) is 0 Å². The summed E-state index contributed by atoms with van der Waals surface area (Å²) < 4.78 is 0. The van der Waals surface area contributed by atoms with Gasteiger partial charge < -0.3 is 10.4 Å². The summed E-state index contributed by atoms with van der Waals surface area (Å²) in [6.07, 6.45) is 2.60. The summed E-state index contributed by atoms with van der Waals surface area (Å²) in [4.78, 5) is 5.24. The monoisotopic (exact) mass is 289 g/mol. The van der Waals surface area contributed by atoms with Crippen LogP contribution in [-0.4, -0.2) is 60.2 Å². The lowest BCUT2D eigenvalue weighted by Crippen LogP contribution is -2.53. The van der Waals surface area contributed by atoms with Gasteiger partial charge in [0.1, 0.15) is 5.75 Å². The molecule has 3 rings (SSSR count). The van der Waals surface area contributed by atoms with E-state index in [-0.39, 0.29) is 0 Å². The summed E-state index contributed by atoms with van der Waals surface area (Å²) in [5, 5.41) is 12.9. The number of piperazine rings is 1. The van der Waals surface area contributed by atoms with Gasteiger partial charge >= 0.3 is 0 Å². The minimum Gasteiger partial charge on any atom is -0.508 e. The smallest absolute Gasteiger partial charge is 0.115 e. The molecule has 2 heterocycles. The van der Waals surface area contributed by atoms with Crippen molar-refractivity contribution in [2.24, 2.45) is 0 Å². The van der Waals surface area contributed by atoms with E-state index in [9.17, 15) is 5.11 Å². The summed E-state index contributed by atoms with van der Waals surface area (Å²) in [5.74, 6) is 0.349. The van der Waals surface area contributed by atoms with E-state index in [0.717, 1.165) is 19.1 Å². The highest BCUT2D eigenvalue weighted by atomic mass is 16.3. The third kappa shape index (κ3) is 3.57. The van der Waals surface area contributed by atoms with Crippen molar-refractivity contribution in [1.82, 2.24) is 15.1 Å². The average molecular weight is 289 g/mol. The van der Waals surface area contributed by atoms with E-state index in [0.29, 0.717) is 11.8 Å². The van der Waals surface area contributed by atoms with Gasteiger partial charge in [0.15, 0.2) is 0 Å². The summed E-state index contributed by atoms with van der Waals surface area (Å²) in [6.45, 7) is 9.29. The van der Waals surface area contributed by atoms with E-state index in [4.69, 9.17) is 0 Å². The Morgan fingerprint density at radius 1 is 1.05 bits per heavy atom. The van der Waals surface area contributed by atoms with Crippen LogP contribution >= 0.6 is 0 Å². The van der Waals surface area contributed by atoms with E-state index in [2.05, 4.69) is 22.0 Å². The van der Waals surface area contributed by atoms with Gasteiger partial charge in [0.2, 0.25) is 0 Å². The largest absolute Gasteiger partial charge is 0.508 e. The number of piperidine rings is 1. The van der Waals surface area contributed by atoms with Crippen molar-refractivity contribution < 1.29 is 5.11 Å². The van der Waals surface area contributed by atoms with Crippen LogP contribution < -0.4 is 5.32 Å². The Morgan fingerprint density at radius 2 is 1.67 bits per heavy atom. The molecular formula is C17H27N3O. The summed E-state index contributed by atoms with van der Waals surface area (Å²) in [6, 6.07) is 8.88. The van der Waals surface area contributed by atoms with Crippen molar-refractivity contribution in [3.8, 4) is 5.75 Å². The van der Waals surface area contributed by atoms with E-state index in [1.807, 2.05) is 12.1 Å². The SMILES string of the molecule is CC(c1ccc(O)cc1)N1CCN(C2CCNCC2)CC1. The van der Waals surface area contributed by atoms with Gasteiger partial charge in [-0.05, 0) is 50.6 Å². The topological polar surface area (TPSA) is 38.7 Å². The number of phenolic OH excluding ortho intramolecular Hbond substituents is 1. The van der Waals surface area contributed by atoms with Crippen LogP contribution in [0.25, 0.3) is 0 Å². The summed E-state index contributed by atoms with van der Waals surface area (Å²) in [5.41, 5.74) is 1.29. The summed E-state index contributed by atoms with van der Waals surface area (Å²) in [7, 11) is 0. The first kappa shape index (κ1) is 14.8. The Labute approximate surface area is 127 Å². The third-order valence-corrected chi connectivity index (χ3v) is 5.10. The highest BCUT2D eigenvalue weighted by molar-refractivity contribution is 5.27. The van der Waals surface area contributed by atoms with E-state index >= 15 is 0 Å². The lowest BCUT2D eigenvalue weighted by Gasteiger charge is -2.42. The zero-order valence-electron chi connectivity index (χ0n) is 13.0. The molecule has 0 aromatic heterocycles. The van der Waals surface area contributed by atoms with Crippen molar-refractivity contribution in [3.05, 3.63) is 29.8 Å². The Balaban J connectivity index is 1.53. The van der Waals surface area contributed by atoms with Gasteiger partial charge in [-0.2, -0.15) is 0 Å².